The van der Waals surface area contributed by atoms with Gasteiger partial charge in [-0.25, -0.2) is 4.98 Å². The van der Waals surface area contributed by atoms with Gasteiger partial charge in [0, 0.05) is 25.8 Å². The van der Waals surface area contributed by atoms with E-state index in [-0.39, 0.29) is 0 Å². The van der Waals surface area contributed by atoms with Crippen LogP contribution in [-0.2, 0) is 6.54 Å². The number of hydrogen-bond donors (Lipinski definition) is 1. The van der Waals surface area contributed by atoms with E-state index in [0.717, 1.165) is 37.8 Å². The van der Waals surface area contributed by atoms with Gasteiger partial charge in [0.25, 0.3) is 0 Å². The lowest BCUT2D eigenvalue weighted by atomic mass is 9.97. The van der Waals surface area contributed by atoms with Gasteiger partial charge in [-0.1, -0.05) is 20.8 Å². The molecule has 2 rings (SSSR count). The lowest BCUT2D eigenvalue weighted by Gasteiger charge is -2.33. The van der Waals surface area contributed by atoms with Crippen LogP contribution in [0.3, 0.4) is 0 Å². The molecule has 114 valence electrons. The van der Waals surface area contributed by atoms with Crippen LogP contribution in [0.25, 0.3) is 0 Å². The molecule has 0 saturated carbocycles. The maximum atomic E-state index is 4.75. The minimum atomic E-state index is 0.661. The topological polar surface area (TPSA) is 33.1 Å². The summed E-state index contributed by atoms with van der Waals surface area (Å²) >= 11 is 0. The fraction of sp³-hybridized carbons (Fsp3) is 0.812. The summed E-state index contributed by atoms with van der Waals surface area (Å²) in [6.45, 7) is 14.4. The molecule has 1 N–H and O–H groups in total. The van der Waals surface area contributed by atoms with Crippen molar-refractivity contribution in [3.8, 4) is 0 Å². The molecule has 1 aliphatic rings. The Morgan fingerprint density at radius 3 is 2.65 bits per heavy atom. The minimum absolute atomic E-state index is 0.661. The second kappa shape index (κ2) is 7.11. The number of aryl methyl sites for hydroxylation is 1. The van der Waals surface area contributed by atoms with E-state index in [9.17, 15) is 0 Å². The van der Waals surface area contributed by atoms with Crippen molar-refractivity contribution in [1.82, 2.24) is 14.9 Å². The van der Waals surface area contributed by atoms with Gasteiger partial charge in [0.1, 0.15) is 0 Å². The molecule has 1 aromatic rings. The summed E-state index contributed by atoms with van der Waals surface area (Å²) in [6, 6.07) is 0. The summed E-state index contributed by atoms with van der Waals surface area (Å²) in [7, 11) is 0. The highest BCUT2D eigenvalue weighted by Gasteiger charge is 2.22. The van der Waals surface area contributed by atoms with E-state index in [2.05, 4.69) is 48.7 Å². The first-order valence-electron chi connectivity index (χ1n) is 8.09. The third-order valence-corrected chi connectivity index (χ3v) is 4.02. The summed E-state index contributed by atoms with van der Waals surface area (Å²) < 4.78 is 2.34. The summed E-state index contributed by atoms with van der Waals surface area (Å²) in [5, 5.41) is 3.47. The van der Waals surface area contributed by atoms with Crippen molar-refractivity contribution in [2.24, 2.45) is 11.8 Å². The number of piperidine rings is 1. The van der Waals surface area contributed by atoms with Crippen LogP contribution in [0.15, 0.2) is 6.20 Å². The molecule has 0 spiro atoms. The first-order chi connectivity index (χ1) is 9.60. The van der Waals surface area contributed by atoms with Gasteiger partial charge in [0.15, 0.2) is 0 Å². The number of imidazole rings is 1. The number of hydrogen-bond acceptors (Lipinski definition) is 3. The highest BCUT2D eigenvalue weighted by molar-refractivity contribution is 5.34. The van der Waals surface area contributed by atoms with Crippen LogP contribution in [0.2, 0.25) is 0 Å². The SMILES string of the molecule is CCNCC1CCN(c2nc(C)cn2CC(C)C)CC1. The molecular weight excluding hydrogens is 248 g/mol. The predicted octanol–water partition coefficient (Wildman–Crippen LogP) is 2.67. The molecule has 0 unspecified atom stereocenters. The molecule has 1 aliphatic heterocycles. The van der Waals surface area contributed by atoms with E-state index in [4.69, 9.17) is 4.98 Å². The van der Waals surface area contributed by atoms with Crippen molar-refractivity contribution in [3.63, 3.8) is 0 Å². The molecule has 20 heavy (non-hydrogen) atoms. The average Bonchev–Trinajstić information content (AvgIpc) is 2.77. The van der Waals surface area contributed by atoms with Gasteiger partial charge < -0.3 is 14.8 Å². The third kappa shape index (κ3) is 3.98. The van der Waals surface area contributed by atoms with Crippen LogP contribution in [0.1, 0.15) is 39.3 Å². The second-order valence-corrected chi connectivity index (χ2v) is 6.47. The van der Waals surface area contributed by atoms with E-state index in [0.29, 0.717) is 5.92 Å². The second-order valence-electron chi connectivity index (χ2n) is 6.47. The molecule has 1 fully saturated rings. The van der Waals surface area contributed by atoms with Crippen molar-refractivity contribution >= 4 is 5.95 Å². The maximum Gasteiger partial charge on any atom is 0.205 e. The van der Waals surface area contributed by atoms with E-state index < -0.39 is 0 Å². The highest BCUT2D eigenvalue weighted by Crippen LogP contribution is 2.23. The van der Waals surface area contributed by atoms with Gasteiger partial charge in [-0.05, 0) is 44.7 Å². The fourth-order valence-electron chi connectivity index (χ4n) is 3.00. The summed E-state index contributed by atoms with van der Waals surface area (Å²) in [5.74, 6) is 2.67. The van der Waals surface area contributed by atoms with Gasteiger partial charge in [-0.2, -0.15) is 0 Å². The van der Waals surface area contributed by atoms with E-state index >= 15 is 0 Å². The molecule has 4 nitrogen and oxygen atoms in total. The van der Waals surface area contributed by atoms with Crippen LogP contribution in [-0.4, -0.2) is 35.7 Å². The van der Waals surface area contributed by atoms with Gasteiger partial charge in [-0.3, -0.25) is 0 Å². The highest BCUT2D eigenvalue weighted by atomic mass is 15.3. The van der Waals surface area contributed by atoms with E-state index in [1.165, 1.54) is 25.3 Å². The molecule has 4 heteroatoms. The Labute approximate surface area is 123 Å². The molecule has 0 bridgehead atoms. The molecule has 2 heterocycles. The maximum absolute atomic E-state index is 4.75. The zero-order valence-electron chi connectivity index (χ0n) is 13.5. The standard InChI is InChI=1S/C16H30N4/c1-5-17-10-15-6-8-19(9-7-15)16-18-14(4)12-20(16)11-13(2)3/h12-13,15,17H,5-11H2,1-4H3. The number of nitrogens with one attached hydrogen (secondary N) is 1. The number of anilines is 1. The molecule has 0 radical (unpaired) electrons. The Morgan fingerprint density at radius 1 is 1.35 bits per heavy atom. The Bertz CT molecular complexity index is 403. The Balaban J connectivity index is 1.96. The number of aromatic nitrogens is 2. The summed E-state index contributed by atoms with van der Waals surface area (Å²) in [5.41, 5.74) is 1.13. The molecule has 1 saturated heterocycles. The fourth-order valence-corrected chi connectivity index (χ4v) is 3.00. The summed E-state index contributed by atoms with van der Waals surface area (Å²) in [6.07, 6.45) is 4.75. The normalized spacial score (nSPS) is 17.1. The van der Waals surface area contributed by atoms with Crippen molar-refractivity contribution < 1.29 is 0 Å². The molecule has 0 atom stereocenters. The third-order valence-electron chi connectivity index (χ3n) is 4.02. The quantitative estimate of drug-likeness (QED) is 0.868. The number of rotatable bonds is 6. The Morgan fingerprint density at radius 2 is 2.05 bits per heavy atom. The average molecular weight is 278 g/mol. The minimum Gasteiger partial charge on any atom is -0.342 e. The van der Waals surface area contributed by atoms with Gasteiger partial charge in [-0.15, -0.1) is 0 Å². The van der Waals surface area contributed by atoms with E-state index in [1.54, 1.807) is 0 Å². The van der Waals surface area contributed by atoms with Crippen LogP contribution < -0.4 is 10.2 Å². The number of nitrogens with zero attached hydrogens (tertiary/aromatic N) is 3. The van der Waals surface area contributed by atoms with Crippen LogP contribution in [0.5, 0.6) is 0 Å². The molecule has 0 aliphatic carbocycles. The van der Waals surface area contributed by atoms with Crippen molar-refractivity contribution in [1.29, 1.82) is 0 Å². The molecular formula is C16H30N4. The first kappa shape index (κ1) is 15.4. The van der Waals surface area contributed by atoms with Crippen molar-refractivity contribution in [2.75, 3.05) is 31.1 Å². The predicted molar refractivity (Wildman–Crippen MR) is 85.3 cm³/mol. The lowest BCUT2D eigenvalue weighted by molar-refractivity contribution is 0.380. The van der Waals surface area contributed by atoms with Crippen molar-refractivity contribution in [3.05, 3.63) is 11.9 Å². The van der Waals surface area contributed by atoms with Crippen LogP contribution in [0.4, 0.5) is 5.95 Å². The lowest BCUT2D eigenvalue weighted by Crippen LogP contribution is -2.38. The smallest absolute Gasteiger partial charge is 0.205 e. The zero-order chi connectivity index (χ0) is 14.5. The van der Waals surface area contributed by atoms with Crippen LogP contribution in [0, 0.1) is 18.8 Å². The molecule has 1 aromatic heterocycles. The van der Waals surface area contributed by atoms with Gasteiger partial charge >= 0.3 is 0 Å². The largest absolute Gasteiger partial charge is 0.342 e. The Hall–Kier alpha value is -1.03. The van der Waals surface area contributed by atoms with Crippen LogP contribution >= 0.6 is 0 Å². The summed E-state index contributed by atoms with van der Waals surface area (Å²) in [4.78, 5) is 7.22. The van der Waals surface area contributed by atoms with E-state index in [1.807, 2.05) is 0 Å². The monoisotopic (exact) mass is 278 g/mol. The molecule has 0 amide bonds. The Kier molecular flexibility index (Phi) is 5.46. The van der Waals surface area contributed by atoms with Crippen molar-refractivity contribution in [2.45, 2.75) is 47.1 Å². The zero-order valence-corrected chi connectivity index (χ0v) is 13.5. The molecule has 0 aromatic carbocycles. The van der Waals surface area contributed by atoms with Gasteiger partial charge in [0.2, 0.25) is 5.95 Å². The van der Waals surface area contributed by atoms with Gasteiger partial charge in [0.05, 0.1) is 5.69 Å². The first-order valence-corrected chi connectivity index (χ1v) is 8.09.